The summed E-state index contributed by atoms with van der Waals surface area (Å²) in [5.74, 6) is -0.818. The largest absolute Gasteiger partial charge is 0.282 e. The van der Waals surface area contributed by atoms with E-state index in [1.165, 1.54) is 50.9 Å². The van der Waals surface area contributed by atoms with Gasteiger partial charge in [0.05, 0.1) is 16.1 Å². The zero-order valence-corrected chi connectivity index (χ0v) is 22.4. The summed E-state index contributed by atoms with van der Waals surface area (Å²) in [6.07, 6.45) is 4.10. The molecule has 0 saturated carbocycles. The van der Waals surface area contributed by atoms with Gasteiger partial charge in [-0.3, -0.25) is 14.4 Å². The first kappa shape index (κ1) is 25.4. The van der Waals surface area contributed by atoms with Gasteiger partial charge in [0.2, 0.25) is 10.0 Å². The fourth-order valence-electron chi connectivity index (χ4n) is 4.69. The molecule has 0 bridgehead atoms. The number of amides is 1. The van der Waals surface area contributed by atoms with Gasteiger partial charge in [-0.1, -0.05) is 41.7 Å². The van der Waals surface area contributed by atoms with Crippen molar-refractivity contribution in [1.29, 1.82) is 0 Å². The number of halogens is 1. The highest BCUT2D eigenvalue weighted by Gasteiger charge is 2.29. The molecule has 0 fully saturated rings. The van der Waals surface area contributed by atoms with Crippen LogP contribution in [0.4, 0.5) is 9.52 Å². The molecule has 11 heteroatoms. The van der Waals surface area contributed by atoms with E-state index in [2.05, 4.69) is 10.1 Å². The van der Waals surface area contributed by atoms with Crippen LogP contribution in [0.3, 0.4) is 0 Å². The van der Waals surface area contributed by atoms with E-state index in [0.29, 0.717) is 41.5 Å². The Hall–Kier alpha value is -3.93. The lowest BCUT2D eigenvalue weighted by Crippen LogP contribution is -2.36. The standard InChI is InChI=1S/C28H24FN5O3S2/c29-24-7-3-8-25-26(24)31-28(38-25)34(18-17-32-15-4-14-30-32)27(35)21-9-11-23(12-10-21)39(36,37)33-16-13-20-5-1-2-6-22(20)19-33/h1-12,14-15H,13,16-19H2. The number of aromatic nitrogens is 3. The summed E-state index contributed by atoms with van der Waals surface area (Å²) < 4.78 is 44.9. The summed E-state index contributed by atoms with van der Waals surface area (Å²) in [6.45, 7) is 1.36. The first-order chi connectivity index (χ1) is 18.9. The molecule has 1 aliphatic rings. The fraction of sp³-hybridized carbons (Fsp3) is 0.179. The van der Waals surface area contributed by atoms with Crippen LogP contribution in [0.2, 0.25) is 0 Å². The van der Waals surface area contributed by atoms with Crippen molar-refractivity contribution >= 4 is 42.6 Å². The third-order valence-electron chi connectivity index (χ3n) is 6.78. The lowest BCUT2D eigenvalue weighted by Gasteiger charge is -2.28. The maximum Gasteiger partial charge on any atom is 0.260 e. The number of carbonyl (C=O) groups excluding carboxylic acids is 1. The molecule has 0 atom stereocenters. The second kappa shape index (κ2) is 10.3. The van der Waals surface area contributed by atoms with E-state index < -0.39 is 15.8 Å². The normalized spacial score (nSPS) is 13.9. The summed E-state index contributed by atoms with van der Waals surface area (Å²) >= 11 is 1.22. The van der Waals surface area contributed by atoms with E-state index in [1.807, 2.05) is 24.3 Å². The minimum atomic E-state index is -3.74. The number of anilines is 1. The van der Waals surface area contributed by atoms with Crippen molar-refractivity contribution in [3.63, 3.8) is 0 Å². The van der Waals surface area contributed by atoms with E-state index in [-0.39, 0.29) is 22.9 Å². The van der Waals surface area contributed by atoms with Crippen LogP contribution in [-0.2, 0) is 29.5 Å². The lowest BCUT2D eigenvalue weighted by molar-refractivity contribution is 0.0985. The van der Waals surface area contributed by atoms with Crippen LogP contribution in [0.25, 0.3) is 10.2 Å². The number of hydrogen-bond donors (Lipinski definition) is 0. The van der Waals surface area contributed by atoms with Crippen molar-refractivity contribution < 1.29 is 17.6 Å². The van der Waals surface area contributed by atoms with Crippen LogP contribution in [0.15, 0.2) is 90.1 Å². The van der Waals surface area contributed by atoms with Gasteiger partial charge in [0.25, 0.3) is 5.91 Å². The molecule has 0 unspecified atom stereocenters. The van der Waals surface area contributed by atoms with Gasteiger partial charge in [0, 0.05) is 37.6 Å². The Morgan fingerprint density at radius 1 is 1.00 bits per heavy atom. The van der Waals surface area contributed by atoms with Crippen LogP contribution >= 0.6 is 11.3 Å². The molecular formula is C28H24FN5O3S2. The number of sulfonamides is 1. The number of rotatable bonds is 7. The molecule has 2 aromatic heterocycles. The topological polar surface area (TPSA) is 88.4 Å². The van der Waals surface area contributed by atoms with E-state index in [4.69, 9.17) is 0 Å². The second-order valence-corrected chi connectivity index (χ2v) is 12.1. The Bertz CT molecular complexity index is 1750. The SMILES string of the molecule is O=C(c1ccc(S(=O)(=O)N2CCc3ccccc3C2)cc1)N(CCn1cccn1)c1nc2c(F)cccc2s1. The molecule has 8 nitrogen and oxygen atoms in total. The molecule has 1 aliphatic heterocycles. The smallest absolute Gasteiger partial charge is 0.260 e. The summed E-state index contributed by atoms with van der Waals surface area (Å²) in [7, 11) is -3.74. The Morgan fingerprint density at radius 2 is 1.79 bits per heavy atom. The molecule has 5 aromatic rings. The molecule has 1 amide bonds. The van der Waals surface area contributed by atoms with E-state index >= 15 is 0 Å². The van der Waals surface area contributed by atoms with Crippen LogP contribution < -0.4 is 4.90 Å². The van der Waals surface area contributed by atoms with Crippen LogP contribution in [-0.4, -0.2) is 46.5 Å². The highest BCUT2D eigenvalue weighted by Crippen LogP contribution is 2.31. The quantitative estimate of drug-likeness (QED) is 0.287. The number of carbonyl (C=O) groups is 1. The summed E-state index contributed by atoms with van der Waals surface area (Å²) in [5.41, 5.74) is 2.67. The minimum Gasteiger partial charge on any atom is -0.282 e. The van der Waals surface area contributed by atoms with Gasteiger partial charge in [-0.15, -0.1) is 0 Å². The number of para-hydroxylation sites is 1. The monoisotopic (exact) mass is 561 g/mol. The van der Waals surface area contributed by atoms with Gasteiger partial charge in [0.1, 0.15) is 11.3 Å². The third kappa shape index (κ3) is 4.96. The predicted octanol–water partition coefficient (Wildman–Crippen LogP) is 4.73. The number of hydrogen-bond acceptors (Lipinski definition) is 6. The number of thiazole rings is 1. The number of nitrogens with zero attached hydrogens (tertiary/aromatic N) is 5. The summed E-state index contributed by atoms with van der Waals surface area (Å²) in [4.78, 5) is 19.7. The molecule has 198 valence electrons. The van der Waals surface area contributed by atoms with E-state index in [9.17, 15) is 17.6 Å². The zero-order valence-electron chi connectivity index (χ0n) is 20.8. The molecule has 39 heavy (non-hydrogen) atoms. The highest BCUT2D eigenvalue weighted by atomic mass is 32.2. The summed E-state index contributed by atoms with van der Waals surface area (Å²) in [6, 6.07) is 20.3. The molecule has 6 rings (SSSR count). The maximum absolute atomic E-state index is 14.4. The van der Waals surface area contributed by atoms with Crippen molar-refractivity contribution in [1.82, 2.24) is 19.1 Å². The van der Waals surface area contributed by atoms with Gasteiger partial charge in [-0.2, -0.15) is 9.40 Å². The van der Waals surface area contributed by atoms with Crippen LogP contribution in [0, 0.1) is 5.82 Å². The Kier molecular flexibility index (Phi) is 6.71. The minimum absolute atomic E-state index is 0.128. The first-order valence-corrected chi connectivity index (χ1v) is 14.7. The first-order valence-electron chi connectivity index (χ1n) is 12.4. The van der Waals surface area contributed by atoms with Gasteiger partial charge >= 0.3 is 0 Å². The molecule has 0 saturated heterocycles. The number of fused-ring (bicyclic) bond motifs is 2. The van der Waals surface area contributed by atoms with E-state index in [1.54, 1.807) is 35.3 Å². The van der Waals surface area contributed by atoms with Gasteiger partial charge in [0.15, 0.2) is 5.13 Å². The molecular weight excluding hydrogens is 537 g/mol. The van der Waals surface area contributed by atoms with Gasteiger partial charge in [-0.25, -0.2) is 17.8 Å². The Balaban J connectivity index is 1.27. The molecule has 0 spiro atoms. The van der Waals surface area contributed by atoms with Crippen molar-refractivity contribution in [2.75, 3.05) is 18.0 Å². The van der Waals surface area contributed by atoms with Gasteiger partial charge < -0.3 is 0 Å². The van der Waals surface area contributed by atoms with E-state index in [0.717, 1.165) is 11.1 Å². The fourth-order valence-corrected chi connectivity index (χ4v) is 7.11. The van der Waals surface area contributed by atoms with Crippen molar-refractivity contribution in [3.05, 3.63) is 108 Å². The van der Waals surface area contributed by atoms with Crippen LogP contribution in [0.1, 0.15) is 21.5 Å². The predicted molar refractivity (Wildman–Crippen MR) is 148 cm³/mol. The van der Waals surface area contributed by atoms with Gasteiger partial charge in [-0.05, 0) is 60.0 Å². The second-order valence-electron chi connectivity index (χ2n) is 9.19. The molecule has 3 heterocycles. The molecule has 3 aromatic carbocycles. The van der Waals surface area contributed by atoms with Crippen molar-refractivity contribution in [3.8, 4) is 0 Å². The average molecular weight is 562 g/mol. The Morgan fingerprint density at radius 3 is 2.54 bits per heavy atom. The Labute approximate surface area is 229 Å². The third-order valence-corrected chi connectivity index (χ3v) is 9.68. The lowest BCUT2D eigenvalue weighted by atomic mass is 10.0. The molecule has 0 radical (unpaired) electrons. The average Bonchev–Trinajstić information content (AvgIpc) is 3.64. The zero-order chi connectivity index (χ0) is 27.0. The van der Waals surface area contributed by atoms with Crippen molar-refractivity contribution in [2.45, 2.75) is 24.4 Å². The number of benzene rings is 3. The summed E-state index contributed by atoms with van der Waals surface area (Å²) in [5, 5.41) is 4.56. The van der Waals surface area contributed by atoms with Crippen LogP contribution in [0.5, 0.6) is 0 Å². The van der Waals surface area contributed by atoms with Crippen molar-refractivity contribution in [2.24, 2.45) is 0 Å². The maximum atomic E-state index is 14.4. The molecule has 0 aliphatic carbocycles. The highest BCUT2D eigenvalue weighted by molar-refractivity contribution is 7.89. The molecule has 0 N–H and O–H groups in total.